The summed E-state index contributed by atoms with van der Waals surface area (Å²) in [5, 5.41) is 0. The second kappa shape index (κ2) is 7.40. The van der Waals surface area contributed by atoms with Crippen molar-refractivity contribution in [2.75, 3.05) is 57.3 Å². The lowest BCUT2D eigenvalue weighted by Gasteiger charge is -2.41. The molecule has 22 heavy (non-hydrogen) atoms. The first-order valence-corrected chi connectivity index (χ1v) is 8.62. The lowest BCUT2D eigenvalue weighted by Crippen LogP contribution is -2.54. The van der Waals surface area contributed by atoms with E-state index in [4.69, 9.17) is 5.73 Å². The van der Waals surface area contributed by atoms with E-state index in [-0.39, 0.29) is 0 Å². The van der Waals surface area contributed by atoms with Crippen LogP contribution in [0.1, 0.15) is 13.3 Å². The Balaban J connectivity index is 1.49. The molecular formula is C17H29N5. The molecule has 2 atom stereocenters. The van der Waals surface area contributed by atoms with E-state index in [1.165, 1.54) is 6.54 Å². The minimum Gasteiger partial charge on any atom is -0.354 e. The quantitative estimate of drug-likeness (QED) is 0.894. The number of piperazine rings is 1. The molecule has 0 bridgehead atoms. The molecule has 0 aromatic carbocycles. The minimum atomic E-state index is 0.372. The lowest BCUT2D eigenvalue weighted by molar-refractivity contribution is 0.117. The van der Waals surface area contributed by atoms with Gasteiger partial charge in [0.2, 0.25) is 0 Å². The van der Waals surface area contributed by atoms with Crippen LogP contribution < -0.4 is 10.6 Å². The van der Waals surface area contributed by atoms with Crippen LogP contribution in [-0.4, -0.2) is 73.2 Å². The topological polar surface area (TPSA) is 48.6 Å². The normalized spacial score (nSPS) is 28.0. The number of nitrogens with two attached hydrogens (primary N) is 1. The maximum absolute atomic E-state index is 6.36. The summed E-state index contributed by atoms with van der Waals surface area (Å²) in [6.07, 6.45) is 3.02. The molecule has 3 rings (SSSR count). The van der Waals surface area contributed by atoms with Gasteiger partial charge in [0.05, 0.1) is 0 Å². The number of anilines is 1. The molecular weight excluding hydrogens is 274 g/mol. The third-order valence-corrected chi connectivity index (χ3v) is 5.16. The van der Waals surface area contributed by atoms with E-state index in [9.17, 15) is 0 Å². The zero-order chi connectivity index (χ0) is 15.4. The highest BCUT2D eigenvalue weighted by molar-refractivity contribution is 5.38. The van der Waals surface area contributed by atoms with E-state index in [1.54, 1.807) is 0 Å². The first-order valence-electron chi connectivity index (χ1n) is 8.62. The summed E-state index contributed by atoms with van der Waals surface area (Å²) >= 11 is 0. The lowest BCUT2D eigenvalue weighted by atomic mass is 9.92. The highest BCUT2D eigenvalue weighted by atomic mass is 15.3. The van der Waals surface area contributed by atoms with Gasteiger partial charge < -0.3 is 15.5 Å². The SMILES string of the molecule is CCN1CCC(N)C(CN2CCN(c3ccccn3)CC2)C1. The molecule has 2 saturated heterocycles. The second-order valence-electron chi connectivity index (χ2n) is 6.58. The molecule has 2 aliphatic heterocycles. The zero-order valence-corrected chi connectivity index (χ0v) is 13.7. The Hall–Kier alpha value is -1.17. The van der Waals surface area contributed by atoms with Crippen molar-refractivity contribution in [2.45, 2.75) is 19.4 Å². The Morgan fingerprint density at radius 2 is 1.95 bits per heavy atom. The molecule has 2 N–H and O–H groups in total. The van der Waals surface area contributed by atoms with Crippen molar-refractivity contribution >= 4 is 5.82 Å². The van der Waals surface area contributed by atoms with Gasteiger partial charge >= 0.3 is 0 Å². The number of aromatic nitrogens is 1. The number of pyridine rings is 1. The number of hydrogen-bond acceptors (Lipinski definition) is 5. The Morgan fingerprint density at radius 1 is 1.14 bits per heavy atom. The highest BCUT2D eigenvalue weighted by Crippen LogP contribution is 2.19. The fourth-order valence-corrected chi connectivity index (χ4v) is 3.64. The van der Waals surface area contributed by atoms with Crippen LogP contribution in [0.5, 0.6) is 0 Å². The van der Waals surface area contributed by atoms with E-state index in [1.807, 2.05) is 12.3 Å². The molecule has 1 aromatic heterocycles. The summed E-state index contributed by atoms with van der Waals surface area (Å²) in [5.74, 6) is 1.73. The highest BCUT2D eigenvalue weighted by Gasteiger charge is 2.28. The molecule has 5 nitrogen and oxygen atoms in total. The van der Waals surface area contributed by atoms with Crippen molar-refractivity contribution in [3.05, 3.63) is 24.4 Å². The van der Waals surface area contributed by atoms with Gasteiger partial charge in [-0.25, -0.2) is 4.98 Å². The van der Waals surface area contributed by atoms with Gasteiger partial charge in [0.1, 0.15) is 5.82 Å². The summed E-state index contributed by atoms with van der Waals surface area (Å²) in [5.41, 5.74) is 6.36. The van der Waals surface area contributed by atoms with Gasteiger partial charge in [-0.15, -0.1) is 0 Å². The van der Waals surface area contributed by atoms with E-state index < -0.39 is 0 Å². The Morgan fingerprint density at radius 3 is 2.64 bits per heavy atom. The number of piperidine rings is 1. The molecule has 0 saturated carbocycles. The molecule has 122 valence electrons. The van der Waals surface area contributed by atoms with Gasteiger partial charge in [-0.3, -0.25) is 4.90 Å². The summed E-state index contributed by atoms with van der Waals surface area (Å²) < 4.78 is 0. The Labute approximate surface area is 134 Å². The zero-order valence-electron chi connectivity index (χ0n) is 13.7. The van der Waals surface area contributed by atoms with Crippen molar-refractivity contribution in [2.24, 2.45) is 11.7 Å². The maximum Gasteiger partial charge on any atom is 0.128 e. The summed E-state index contributed by atoms with van der Waals surface area (Å²) in [6, 6.07) is 6.52. The average molecular weight is 303 g/mol. The van der Waals surface area contributed by atoms with Crippen LogP contribution in [0.2, 0.25) is 0 Å². The number of likely N-dealkylation sites (tertiary alicyclic amines) is 1. The molecule has 0 spiro atoms. The molecule has 3 heterocycles. The smallest absolute Gasteiger partial charge is 0.128 e. The van der Waals surface area contributed by atoms with Crippen LogP contribution >= 0.6 is 0 Å². The predicted octanol–water partition coefficient (Wildman–Crippen LogP) is 0.873. The minimum absolute atomic E-state index is 0.372. The summed E-state index contributed by atoms with van der Waals surface area (Å²) in [7, 11) is 0. The van der Waals surface area contributed by atoms with Crippen molar-refractivity contribution in [1.29, 1.82) is 0 Å². The first-order chi connectivity index (χ1) is 10.8. The van der Waals surface area contributed by atoms with Crippen molar-refractivity contribution in [3.8, 4) is 0 Å². The van der Waals surface area contributed by atoms with Gasteiger partial charge in [0.15, 0.2) is 0 Å². The number of nitrogens with zero attached hydrogens (tertiary/aromatic N) is 4. The first kappa shape index (κ1) is 15.7. The molecule has 5 heteroatoms. The summed E-state index contributed by atoms with van der Waals surface area (Å²) in [6.45, 7) is 11.2. The molecule has 0 amide bonds. The fourth-order valence-electron chi connectivity index (χ4n) is 3.64. The van der Waals surface area contributed by atoms with Crippen LogP contribution in [0.25, 0.3) is 0 Å². The molecule has 2 aliphatic rings. The van der Waals surface area contributed by atoms with Gasteiger partial charge in [0.25, 0.3) is 0 Å². The second-order valence-corrected chi connectivity index (χ2v) is 6.58. The van der Waals surface area contributed by atoms with E-state index in [2.05, 4.69) is 38.7 Å². The standard InChI is InChI=1S/C17H29N5/c1-2-20-8-6-16(18)15(13-20)14-21-9-11-22(12-10-21)17-5-3-4-7-19-17/h3-5,7,15-16H,2,6,8-14,18H2,1H3. The monoisotopic (exact) mass is 303 g/mol. The molecule has 0 aliphatic carbocycles. The molecule has 2 unspecified atom stereocenters. The third kappa shape index (κ3) is 3.77. The van der Waals surface area contributed by atoms with Crippen LogP contribution in [0.15, 0.2) is 24.4 Å². The van der Waals surface area contributed by atoms with Crippen LogP contribution in [-0.2, 0) is 0 Å². The van der Waals surface area contributed by atoms with Crippen molar-refractivity contribution in [1.82, 2.24) is 14.8 Å². The van der Waals surface area contributed by atoms with Crippen LogP contribution in [0.3, 0.4) is 0 Å². The predicted molar refractivity (Wildman–Crippen MR) is 91.1 cm³/mol. The largest absolute Gasteiger partial charge is 0.354 e. The molecule has 2 fully saturated rings. The van der Waals surface area contributed by atoms with E-state index in [0.29, 0.717) is 12.0 Å². The van der Waals surface area contributed by atoms with Gasteiger partial charge in [-0.1, -0.05) is 13.0 Å². The van der Waals surface area contributed by atoms with E-state index in [0.717, 1.165) is 58.1 Å². The molecule has 0 radical (unpaired) electrons. The summed E-state index contributed by atoms with van der Waals surface area (Å²) in [4.78, 5) is 12.0. The van der Waals surface area contributed by atoms with Gasteiger partial charge in [-0.2, -0.15) is 0 Å². The third-order valence-electron chi connectivity index (χ3n) is 5.16. The number of rotatable bonds is 4. The van der Waals surface area contributed by atoms with Gasteiger partial charge in [0, 0.05) is 51.5 Å². The number of hydrogen-bond donors (Lipinski definition) is 1. The van der Waals surface area contributed by atoms with Gasteiger partial charge in [-0.05, 0) is 37.6 Å². The van der Waals surface area contributed by atoms with Crippen molar-refractivity contribution < 1.29 is 0 Å². The average Bonchev–Trinajstić information content (AvgIpc) is 2.58. The Bertz CT molecular complexity index is 444. The van der Waals surface area contributed by atoms with Crippen LogP contribution in [0.4, 0.5) is 5.82 Å². The maximum atomic E-state index is 6.36. The van der Waals surface area contributed by atoms with E-state index >= 15 is 0 Å². The molecule has 1 aromatic rings. The van der Waals surface area contributed by atoms with Crippen molar-refractivity contribution in [3.63, 3.8) is 0 Å². The fraction of sp³-hybridized carbons (Fsp3) is 0.706. The Kier molecular flexibility index (Phi) is 5.28. The van der Waals surface area contributed by atoms with Crippen LogP contribution in [0, 0.1) is 5.92 Å².